The number of aryl methyl sites for hydroxylation is 1. The number of likely N-dealkylation sites (N-methyl/N-ethyl adjacent to an activating group) is 1. The molecule has 0 aliphatic carbocycles. The van der Waals surface area contributed by atoms with Gasteiger partial charge in [0.05, 0.1) is 4.88 Å². The van der Waals surface area contributed by atoms with Crippen LogP contribution in [0, 0.1) is 13.8 Å². The first-order valence-corrected chi connectivity index (χ1v) is 10.3. The van der Waals surface area contributed by atoms with Gasteiger partial charge >= 0.3 is 0 Å². The molecule has 0 aliphatic heterocycles. The molecule has 1 atom stereocenters. The lowest BCUT2D eigenvalue weighted by Crippen LogP contribution is -2.41. The first kappa shape index (κ1) is 20.1. The van der Waals surface area contributed by atoms with Crippen molar-refractivity contribution in [3.8, 4) is 16.5 Å². The molecule has 0 bridgehead atoms. The third-order valence-corrected chi connectivity index (χ3v) is 5.57. The van der Waals surface area contributed by atoms with E-state index in [9.17, 15) is 4.79 Å². The number of rotatable bonds is 8. The van der Waals surface area contributed by atoms with Gasteiger partial charge in [-0.05, 0) is 55.8 Å². The Kier molecular flexibility index (Phi) is 6.46. The highest BCUT2D eigenvalue weighted by Gasteiger charge is 2.26. The summed E-state index contributed by atoms with van der Waals surface area (Å²) in [5, 5.41) is 5.98. The summed E-state index contributed by atoms with van der Waals surface area (Å²) in [6, 6.07) is 9.75. The van der Waals surface area contributed by atoms with Gasteiger partial charge in [0.15, 0.2) is 6.10 Å². The Balaban J connectivity index is 1.71. The van der Waals surface area contributed by atoms with E-state index in [1.54, 1.807) is 16.2 Å². The molecule has 0 aliphatic rings. The van der Waals surface area contributed by atoms with Crippen molar-refractivity contribution in [2.75, 3.05) is 6.54 Å². The maximum Gasteiger partial charge on any atom is 0.264 e. The summed E-state index contributed by atoms with van der Waals surface area (Å²) < 4.78 is 11.4. The topological polar surface area (TPSA) is 68.5 Å². The van der Waals surface area contributed by atoms with E-state index < -0.39 is 6.10 Å². The number of benzene rings is 1. The maximum atomic E-state index is 13.1. The molecule has 1 aromatic carbocycles. The van der Waals surface area contributed by atoms with Crippen molar-refractivity contribution in [3.05, 3.63) is 52.7 Å². The van der Waals surface area contributed by atoms with Crippen LogP contribution < -0.4 is 4.74 Å². The van der Waals surface area contributed by atoms with Gasteiger partial charge in [0.1, 0.15) is 12.3 Å². The highest BCUT2D eigenvalue weighted by atomic mass is 32.1. The standard InChI is InChI=1S/C21H25N3O3S/c1-5-16(26-17-10-7-9-14(3)15(17)4)21(25)24(6-2)13-19-22-20(23-27-19)18-11-8-12-28-18/h7-12,16H,5-6,13H2,1-4H3/t16-/m1/s1. The third kappa shape index (κ3) is 4.42. The fourth-order valence-corrected chi connectivity index (χ4v) is 3.50. The Labute approximate surface area is 169 Å². The molecular formula is C21H25N3O3S. The normalized spacial score (nSPS) is 12.0. The summed E-state index contributed by atoms with van der Waals surface area (Å²) in [5.74, 6) is 1.63. The minimum Gasteiger partial charge on any atom is -0.480 e. The predicted octanol–water partition coefficient (Wildman–Crippen LogP) is 4.62. The van der Waals surface area contributed by atoms with Gasteiger partial charge in [-0.25, -0.2) is 0 Å². The molecule has 148 valence electrons. The summed E-state index contributed by atoms with van der Waals surface area (Å²) in [5.41, 5.74) is 2.19. The van der Waals surface area contributed by atoms with E-state index in [0.717, 1.165) is 21.8 Å². The lowest BCUT2D eigenvalue weighted by molar-refractivity contribution is -0.139. The number of ether oxygens (including phenoxy) is 1. The first-order chi connectivity index (χ1) is 13.5. The zero-order valence-corrected chi connectivity index (χ0v) is 17.5. The van der Waals surface area contributed by atoms with Crippen molar-refractivity contribution in [2.45, 2.75) is 46.8 Å². The van der Waals surface area contributed by atoms with Crippen LogP contribution in [-0.4, -0.2) is 33.6 Å². The van der Waals surface area contributed by atoms with Gasteiger partial charge in [0, 0.05) is 6.54 Å². The molecule has 2 heterocycles. The van der Waals surface area contributed by atoms with Crippen LogP contribution in [0.4, 0.5) is 0 Å². The summed E-state index contributed by atoms with van der Waals surface area (Å²) in [6.45, 7) is 8.71. The quantitative estimate of drug-likeness (QED) is 0.553. The average molecular weight is 400 g/mol. The van der Waals surface area contributed by atoms with Crippen molar-refractivity contribution in [2.24, 2.45) is 0 Å². The smallest absolute Gasteiger partial charge is 0.264 e. The second kappa shape index (κ2) is 9.01. The second-order valence-electron chi connectivity index (χ2n) is 6.55. The van der Waals surface area contributed by atoms with Gasteiger partial charge in [-0.15, -0.1) is 11.3 Å². The molecule has 0 radical (unpaired) electrons. The van der Waals surface area contributed by atoms with E-state index in [2.05, 4.69) is 10.1 Å². The average Bonchev–Trinajstić information content (AvgIpc) is 3.38. The maximum absolute atomic E-state index is 13.1. The largest absolute Gasteiger partial charge is 0.480 e. The Morgan fingerprint density at radius 3 is 2.75 bits per heavy atom. The van der Waals surface area contributed by atoms with Crippen LogP contribution in [0.15, 0.2) is 40.2 Å². The van der Waals surface area contributed by atoms with Crippen molar-refractivity contribution in [1.29, 1.82) is 0 Å². The van der Waals surface area contributed by atoms with Crippen LogP contribution in [0.1, 0.15) is 37.3 Å². The Morgan fingerprint density at radius 2 is 2.07 bits per heavy atom. The molecule has 6 nitrogen and oxygen atoms in total. The lowest BCUT2D eigenvalue weighted by Gasteiger charge is -2.25. The fourth-order valence-electron chi connectivity index (χ4n) is 2.85. The number of nitrogens with zero attached hydrogens (tertiary/aromatic N) is 3. The van der Waals surface area contributed by atoms with Crippen molar-refractivity contribution >= 4 is 17.2 Å². The molecule has 1 amide bonds. The number of carbonyl (C=O) groups is 1. The van der Waals surface area contributed by atoms with Crippen LogP contribution in [-0.2, 0) is 11.3 Å². The monoisotopic (exact) mass is 399 g/mol. The summed E-state index contributed by atoms with van der Waals surface area (Å²) >= 11 is 1.55. The Morgan fingerprint density at radius 1 is 1.25 bits per heavy atom. The zero-order valence-electron chi connectivity index (χ0n) is 16.6. The predicted molar refractivity (Wildman–Crippen MR) is 109 cm³/mol. The van der Waals surface area contributed by atoms with Gasteiger partial charge in [-0.3, -0.25) is 4.79 Å². The van der Waals surface area contributed by atoms with Crippen LogP contribution in [0.2, 0.25) is 0 Å². The number of thiophene rings is 1. The minimum absolute atomic E-state index is 0.0817. The van der Waals surface area contributed by atoms with Gasteiger partial charge in [-0.2, -0.15) is 4.98 Å². The summed E-state index contributed by atoms with van der Waals surface area (Å²) in [7, 11) is 0. The van der Waals surface area contributed by atoms with Crippen molar-refractivity contribution in [3.63, 3.8) is 0 Å². The number of hydrogen-bond donors (Lipinski definition) is 0. The van der Waals surface area contributed by atoms with Gasteiger partial charge < -0.3 is 14.2 Å². The summed E-state index contributed by atoms with van der Waals surface area (Å²) in [6.07, 6.45) is 0.0210. The van der Waals surface area contributed by atoms with Crippen molar-refractivity contribution < 1.29 is 14.1 Å². The highest BCUT2D eigenvalue weighted by Crippen LogP contribution is 2.24. The molecular weight excluding hydrogens is 374 g/mol. The zero-order chi connectivity index (χ0) is 20.1. The molecule has 0 saturated heterocycles. The van der Waals surface area contributed by atoms with E-state index >= 15 is 0 Å². The molecule has 3 rings (SSSR count). The number of amides is 1. The van der Waals surface area contributed by atoms with E-state index in [1.165, 1.54) is 0 Å². The van der Waals surface area contributed by atoms with Crippen LogP contribution >= 0.6 is 11.3 Å². The van der Waals surface area contributed by atoms with Crippen LogP contribution in [0.25, 0.3) is 10.7 Å². The fraction of sp³-hybridized carbons (Fsp3) is 0.381. The van der Waals surface area contributed by atoms with Crippen LogP contribution in [0.5, 0.6) is 5.75 Å². The Bertz CT molecular complexity index is 921. The number of carbonyl (C=O) groups excluding carboxylic acids is 1. The second-order valence-corrected chi connectivity index (χ2v) is 7.50. The van der Waals surface area contributed by atoms with Crippen LogP contribution in [0.3, 0.4) is 0 Å². The van der Waals surface area contributed by atoms with Gasteiger partial charge in [0.25, 0.3) is 5.91 Å². The molecule has 7 heteroatoms. The Hall–Kier alpha value is -2.67. The molecule has 0 N–H and O–H groups in total. The SMILES string of the molecule is CC[C@@H](Oc1cccc(C)c1C)C(=O)N(CC)Cc1nc(-c2cccs2)no1. The molecule has 0 spiro atoms. The van der Waals surface area contributed by atoms with Gasteiger partial charge in [0.2, 0.25) is 11.7 Å². The first-order valence-electron chi connectivity index (χ1n) is 9.41. The molecule has 0 saturated carbocycles. The molecule has 28 heavy (non-hydrogen) atoms. The summed E-state index contributed by atoms with van der Waals surface area (Å²) in [4.78, 5) is 20.1. The van der Waals surface area contributed by atoms with Crippen molar-refractivity contribution in [1.82, 2.24) is 15.0 Å². The highest BCUT2D eigenvalue weighted by molar-refractivity contribution is 7.13. The number of aromatic nitrogens is 2. The van der Waals surface area contributed by atoms with E-state index in [0.29, 0.717) is 24.7 Å². The molecule has 3 aromatic rings. The molecule has 2 aromatic heterocycles. The lowest BCUT2D eigenvalue weighted by atomic mass is 10.1. The molecule has 0 fully saturated rings. The molecule has 0 unspecified atom stereocenters. The van der Waals surface area contributed by atoms with E-state index in [-0.39, 0.29) is 12.5 Å². The van der Waals surface area contributed by atoms with E-state index in [1.807, 2.05) is 63.4 Å². The number of hydrogen-bond acceptors (Lipinski definition) is 6. The van der Waals surface area contributed by atoms with Gasteiger partial charge in [-0.1, -0.05) is 30.3 Å². The minimum atomic E-state index is -0.555. The third-order valence-electron chi connectivity index (χ3n) is 4.70. The van der Waals surface area contributed by atoms with E-state index in [4.69, 9.17) is 9.26 Å².